The van der Waals surface area contributed by atoms with Crippen LogP contribution in [0.2, 0.25) is 0 Å². The van der Waals surface area contributed by atoms with Gasteiger partial charge in [-0.05, 0) is 63.5 Å². The summed E-state index contributed by atoms with van der Waals surface area (Å²) < 4.78 is 6.00. The summed E-state index contributed by atoms with van der Waals surface area (Å²) >= 11 is 0. The minimum atomic E-state index is -0.183. The van der Waals surface area contributed by atoms with E-state index in [1.54, 1.807) is 0 Å². The number of hydrogen-bond acceptors (Lipinski definition) is 1. The molecule has 1 aliphatic heterocycles. The lowest BCUT2D eigenvalue weighted by Crippen LogP contribution is -2.29. The first-order valence-electron chi connectivity index (χ1n) is 5.39. The van der Waals surface area contributed by atoms with Crippen molar-refractivity contribution in [3.05, 3.63) is 34.9 Å². The van der Waals surface area contributed by atoms with Gasteiger partial charge >= 0.3 is 0 Å². The second-order valence-electron chi connectivity index (χ2n) is 4.99. The van der Waals surface area contributed by atoms with Crippen LogP contribution in [0.4, 0.5) is 0 Å². The van der Waals surface area contributed by atoms with Gasteiger partial charge in [0.15, 0.2) is 0 Å². The maximum Gasteiger partial charge on any atom is 0.131 e. The zero-order chi connectivity index (χ0) is 11.2. The maximum absolute atomic E-state index is 6.00. The summed E-state index contributed by atoms with van der Waals surface area (Å²) in [4.78, 5) is 0. The molecule has 80 valence electrons. The molecule has 1 heterocycles. The number of rotatable bonds is 0. The Morgan fingerprint density at radius 1 is 1.07 bits per heavy atom. The normalized spacial score (nSPS) is 17.8. The largest absolute Gasteiger partial charge is 0.483 e. The van der Waals surface area contributed by atoms with Gasteiger partial charge in [-0.1, -0.05) is 6.07 Å². The Kier molecular flexibility index (Phi) is 2.14. The van der Waals surface area contributed by atoms with Crippen molar-refractivity contribution in [3.8, 4) is 5.75 Å². The molecular formula is C14H18O. The van der Waals surface area contributed by atoms with Crippen LogP contribution in [0.15, 0.2) is 18.2 Å². The summed E-state index contributed by atoms with van der Waals surface area (Å²) in [6.45, 7) is 10.6. The molecule has 2 rings (SSSR count). The van der Waals surface area contributed by atoms with Crippen molar-refractivity contribution in [2.75, 3.05) is 0 Å². The zero-order valence-corrected chi connectivity index (χ0v) is 10.1. The van der Waals surface area contributed by atoms with Gasteiger partial charge in [0.05, 0.1) is 0 Å². The first-order valence-corrected chi connectivity index (χ1v) is 5.39. The maximum atomic E-state index is 6.00. The SMILES string of the molecule is CC1=CC(C)(C)Oc2c(C)cc(C)cc21. The highest BCUT2D eigenvalue weighted by Gasteiger charge is 2.25. The number of fused-ring (bicyclic) bond motifs is 1. The number of aryl methyl sites for hydroxylation is 2. The zero-order valence-electron chi connectivity index (χ0n) is 10.1. The van der Waals surface area contributed by atoms with E-state index in [0.717, 1.165) is 5.75 Å². The molecular weight excluding hydrogens is 184 g/mol. The third kappa shape index (κ3) is 1.79. The molecule has 0 N–H and O–H groups in total. The van der Waals surface area contributed by atoms with Crippen LogP contribution in [0.3, 0.4) is 0 Å². The Balaban J connectivity index is 2.65. The summed E-state index contributed by atoms with van der Waals surface area (Å²) in [6.07, 6.45) is 2.19. The van der Waals surface area contributed by atoms with Crippen molar-refractivity contribution in [3.63, 3.8) is 0 Å². The highest BCUT2D eigenvalue weighted by Crippen LogP contribution is 2.38. The Bertz CT molecular complexity index is 439. The van der Waals surface area contributed by atoms with Gasteiger partial charge in [-0.2, -0.15) is 0 Å². The van der Waals surface area contributed by atoms with E-state index >= 15 is 0 Å². The molecule has 0 saturated heterocycles. The van der Waals surface area contributed by atoms with Crippen LogP contribution in [-0.4, -0.2) is 5.60 Å². The molecule has 15 heavy (non-hydrogen) atoms. The Labute approximate surface area is 91.8 Å². The average molecular weight is 202 g/mol. The molecule has 0 saturated carbocycles. The van der Waals surface area contributed by atoms with Gasteiger partial charge in [0.2, 0.25) is 0 Å². The van der Waals surface area contributed by atoms with E-state index in [4.69, 9.17) is 4.74 Å². The van der Waals surface area contributed by atoms with E-state index in [1.165, 1.54) is 22.3 Å². The molecule has 1 aromatic rings. The van der Waals surface area contributed by atoms with Gasteiger partial charge in [-0.25, -0.2) is 0 Å². The van der Waals surface area contributed by atoms with Gasteiger partial charge in [0.1, 0.15) is 11.4 Å². The van der Waals surface area contributed by atoms with Gasteiger partial charge in [-0.3, -0.25) is 0 Å². The predicted molar refractivity (Wildman–Crippen MR) is 64.3 cm³/mol. The van der Waals surface area contributed by atoms with Crippen molar-refractivity contribution in [2.24, 2.45) is 0 Å². The second kappa shape index (κ2) is 3.13. The average Bonchev–Trinajstić information content (AvgIpc) is 2.06. The summed E-state index contributed by atoms with van der Waals surface area (Å²) in [7, 11) is 0. The van der Waals surface area contributed by atoms with E-state index in [2.05, 4.69) is 52.8 Å². The molecule has 0 aromatic heterocycles. The van der Waals surface area contributed by atoms with Crippen molar-refractivity contribution < 1.29 is 4.74 Å². The lowest BCUT2D eigenvalue weighted by molar-refractivity contribution is 0.156. The molecule has 1 nitrogen and oxygen atoms in total. The topological polar surface area (TPSA) is 9.23 Å². The third-order valence-corrected chi connectivity index (χ3v) is 2.77. The molecule has 0 fully saturated rings. The standard InChI is InChI=1S/C14H18O/c1-9-6-10(2)13-12(7-9)11(3)8-14(4,5)15-13/h6-8H,1-5H3. The minimum Gasteiger partial charge on any atom is -0.483 e. The molecule has 0 radical (unpaired) electrons. The van der Waals surface area contributed by atoms with Crippen molar-refractivity contribution in [2.45, 2.75) is 40.2 Å². The second-order valence-corrected chi connectivity index (χ2v) is 4.99. The van der Waals surface area contributed by atoms with E-state index in [1.807, 2.05) is 0 Å². The third-order valence-electron chi connectivity index (χ3n) is 2.77. The fraction of sp³-hybridized carbons (Fsp3) is 0.429. The fourth-order valence-electron chi connectivity index (χ4n) is 2.27. The van der Waals surface area contributed by atoms with E-state index in [0.29, 0.717) is 0 Å². The number of allylic oxidation sites excluding steroid dienone is 1. The van der Waals surface area contributed by atoms with Crippen LogP contribution in [0.1, 0.15) is 37.5 Å². The Morgan fingerprint density at radius 3 is 2.40 bits per heavy atom. The summed E-state index contributed by atoms with van der Waals surface area (Å²) in [5.41, 5.74) is 4.89. The lowest BCUT2D eigenvalue weighted by Gasteiger charge is -2.31. The van der Waals surface area contributed by atoms with Crippen molar-refractivity contribution >= 4 is 5.57 Å². The first kappa shape index (κ1) is 10.3. The van der Waals surface area contributed by atoms with Crippen LogP contribution in [0, 0.1) is 13.8 Å². The van der Waals surface area contributed by atoms with E-state index < -0.39 is 0 Å². The molecule has 1 aliphatic rings. The van der Waals surface area contributed by atoms with Crippen LogP contribution in [-0.2, 0) is 0 Å². The van der Waals surface area contributed by atoms with Gasteiger partial charge < -0.3 is 4.74 Å². The molecule has 1 heteroatoms. The number of benzene rings is 1. The summed E-state index contributed by atoms with van der Waals surface area (Å²) in [5, 5.41) is 0. The Morgan fingerprint density at radius 2 is 1.73 bits per heavy atom. The van der Waals surface area contributed by atoms with Crippen molar-refractivity contribution in [1.82, 2.24) is 0 Å². The predicted octanol–water partition coefficient (Wildman–Crippen LogP) is 3.88. The molecule has 0 bridgehead atoms. The van der Waals surface area contributed by atoms with Crippen molar-refractivity contribution in [1.29, 1.82) is 0 Å². The minimum absolute atomic E-state index is 0.183. The fourth-order valence-corrected chi connectivity index (χ4v) is 2.27. The molecule has 0 aliphatic carbocycles. The van der Waals surface area contributed by atoms with Crippen LogP contribution in [0.5, 0.6) is 5.75 Å². The number of hydrogen-bond donors (Lipinski definition) is 0. The Hall–Kier alpha value is -1.24. The summed E-state index contributed by atoms with van der Waals surface area (Å²) in [6, 6.07) is 4.37. The highest BCUT2D eigenvalue weighted by molar-refractivity contribution is 5.73. The smallest absolute Gasteiger partial charge is 0.131 e. The molecule has 0 unspecified atom stereocenters. The van der Waals surface area contributed by atoms with Gasteiger partial charge in [0.25, 0.3) is 0 Å². The van der Waals surface area contributed by atoms with Crippen LogP contribution >= 0.6 is 0 Å². The van der Waals surface area contributed by atoms with Gasteiger partial charge in [0, 0.05) is 5.56 Å². The van der Waals surface area contributed by atoms with Crippen LogP contribution < -0.4 is 4.74 Å². The van der Waals surface area contributed by atoms with Crippen LogP contribution in [0.25, 0.3) is 5.57 Å². The first-order chi connectivity index (χ1) is 6.89. The molecule has 1 aromatic carbocycles. The van der Waals surface area contributed by atoms with E-state index in [9.17, 15) is 0 Å². The monoisotopic (exact) mass is 202 g/mol. The molecule has 0 amide bonds. The molecule has 0 spiro atoms. The highest BCUT2D eigenvalue weighted by atomic mass is 16.5. The number of ether oxygens (including phenoxy) is 1. The lowest BCUT2D eigenvalue weighted by atomic mass is 9.93. The van der Waals surface area contributed by atoms with E-state index in [-0.39, 0.29) is 5.60 Å². The summed E-state index contributed by atoms with van der Waals surface area (Å²) in [5.74, 6) is 1.05. The quantitative estimate of drug-likeness (QED) is 0.620. The molecule has 0 atom stereocenters. The van der Waals surface area contributed by atoms with Gasteiger partial charge in [-0.15, -0.1) is 0 Å².